The summed E-state index contributed by atoms with van der Waals surface area (Å²) < 4.78 is 0. The molecule has 6 rings (SSSR count). The highest BCUT2D eigenvalue weighted by Crippen LogP contribution is 2.46. The van der Waals surface area contributed by atoms with Gasteiger partial charge in [0.2, 0.25) is 0 Å². The number of hydroxylamine groups is 4. The summed E-state index contributed by atoms with van der Waals surface area (Å²) in [4.78, 5) is 57.5. The van der Waals surface area contributed by atoms with Crippen LogP contribution < -0.4 is 0 Å². The van der Waals surface area contributed by atoms with Gasteiger partial charge in [0, 0.05) is 22.3 Å². The van der Waals surface area contributed by atoms with Crippen LogP contribution in [0.1, 0.15) is 116 Å². The molecule has 286 valence electrons. The van der Waals surface area contributed by atoms with Gasteiger partial charge in [-0.1, -0.05) is 121 Å². The molecule has 2 aliphatic rings. The van der Waals surface area contributed by atoms with E-state index >= 15 is 9.59 Å². The maximum Gasteiger partial charge on any atom is 0.370 e. The predicted molar refractivity (Wildman–Crippen MR) is 209 cm³/mol. The molecular weight excluding hydrogens is 677 g/mol. The van der Waals surface area contributed by atoms with E-state index in [1.807, 2.05) is 131 Å². The van der Waals surface area contributed by atoms with Crippen LogP contribution in [0, 0.1) is 0 Å². The second-order valence-corrected chi connectivity index (χ2v) is 17.3. The fraction of sp³-hybridized carbons (Fsp3) is 0.435. The van der Waals surface area contributed by atoms with Crippen molar-refractivity contribution < 1.29 is 29.0 Å². The minimum Gasteiger partial charge on any atom is -0.364 e. The van der Waals surface area contributed by atoms with Gasteiger partial charge in [-0.05, 0) is 93.9 Å². The van der Waals surface area contributed by atoms with Crippen LogP contribution in [0.2, 0.25) is 0 Å². The van der Waals surface area contributed by atoms with Gasteiger partial charge >= 0.3 is 11.9 Å². The van der Waals surface area contributed by atoms with Crippen molar-refractivity contribution in [3.8, 4) is 0 Å². The van der Waals surface area contributed by atoms with Crippen LogP contribution >= 0.6 is 0 Å². The number of carbonyl (C=O) groups is 2. The molecule has 2 fully saturated rings. The van der Waals surface area contributed by atoms with E-state index in [4.69, 9.17) is 19.5 Å². The maximum absolute atomic E-state index is 15.4. The first-order valence-corrected chi connectivity index (χ1v) is 19.2. The molecule has 8 nitrogen and oxygen atoms in total. The summed E-state index contributed by atoms with van der Waals surface area (Å²) in [5, 5.41) is 3.62. The lowest BCUT2D eigenvalue weighted by atomic mass is 9.82. The van der Waals surface area contributed by atoms with Crippen LogP contribution in [0.25, 0.3) is 0 Å². The van der Waals surface area contributed by atoms with Crippen LogP contribution in [-0.4, -0.2) is 44.2 Å². The average Bonchev–Trinajstić information content (AvgIpc) is 3.14. The first-order chi connectivity index (χ1) is 25.6. The maximum atomic E-state index is 15.4. The van der Waals surface area contributed by atoms with Gasteiger partial charge in [0.25, 0.3) is 11.2 Å². The van der Waals surface area contributed by atoms with E-state index in [1.54, 1.807) is 0 Å². The standard InChI is InChI=1S/C46H56N2O6/c1-41(2)31-21-32-42(3,4)47(41)51-39(49)45(35-23-13-9-14-24-35,36-25-15-10-16-26-36)53-54-46(37-27-17-11-18-28-37,38-29-19-12-20-30-38)40(50)52-48-43(5,6)33-22-34-44(48,7)8/h9-20,23-30H,21-22,31-34H2,1-8H3. The van der Waals surface area contributed by atoms with Crippen molar-refractivity contribution in [1.29, 1.82) is 0 Å². The molecule has 0 unspecified atom stereocenters. The highest BCUT2D eigenvalue weighted by atomic mass is 17.2. The molecule has 2 aliphatic heterocycles. The van der Waals surface area contributed by atoms with Crippen molar-refractivity contribution in [2.45, 2.75) is 127 Å². The van der Waals surface area contributed by atoms with Crippen molar-refractivity contribution in [1.82, 2.24) is 10.1 Å². The highest BCUT2D eigenvalue weighted by molar-refractivity contribution is 5.87. The number of hydrogen-bond donors (Lipinski definition) is 0. The second-order valence-electron chi connectivity index (χ2n) is 17.3. The van der Waals surface area contributed by atoms with Crippen molar-refractivity contribution in [2.24, 2.45) is 0 Å². The van der Waals surface area contributed by atoms with Gasteiger partial charge in [-0.3, -0.25) is 0 Å². The quantitative estimate of drug-likeness (QED) is 0.111. The Hall–Kier alpha value is -4.34. The number of hydrogen-bond acceptors (Lipinski definition) is 8. The molecule has 0 amide bonds. The molecule has 0 radical (unpaired) electrons. The lowest BCUT2D eigenvalue weighted by Gasteiger charge is -2.51. The largest absolute Gasteiger partial charge is 0.370 e. The summed E-state index contributed by atoms with van der Waals surface area (Å²) in [5.41, 5.74) is -3.98. The normalized spacial score (nSPS) is 19.8. The fourth-order valence-electron chi connectivity index (χ4n) is 8.62. The molecule has 0 spiro atoms. The summed E-state index contributed by atoms with van der Waals surface area (Å²) >= 11 is 0. The number of piperidine rings is 2. The second kappa shape index (κ2) is 15.1. The molecule has 2 heterocycles. The summed E-state index contributed by atoms with van der Waals surface area (Å²) in [5.74, 6) is -1.41. The van der Waals surface area contributed by atoms with E-state index < -0.39 is 45.3 Å². The SMILES string of the molecule is CC1(C)CCCC(C)(C)N1OC(=O)C(OOC(C(=O)ON1C(C)(C)CCCC1(C)C)(c1ccccc1)c1ccccc1)(c1ccccc1)c1ccccc1. The van der Waals surface area contributed by atoms with Gasteiger partial charge in [-0.2, -0.15) is 0 Å². The molecule has 54 heavy (non-hydrogen) atoms. The molecule has 2 saturated heterocycles. The zero-order valence-electron chi connectivity index (χ0n) is 33.1. The Kier molecular flexibility index (Phi) is 11.0. The van der Waals surface area contributed by atoms with Gasteiger partial charge in [-0.15, -0.1) is 10.1 Å². The van der Waals surface area contributed by atoms with Crippen molar-refractivity contribution in [2.75, 3.05) is 0 Å². The summed E-state index contributed by atoms with van der Waals surface area (Å²) in [6.07, 6.45) is 5.35. The fourth-order valence-corrected chi connectivity index (χ4v) is 8.62. The van der Waals surface area contributed by atoms with Gasteiger partial charge in [-0.25, -0.2) is 19.4 Å². The summed E-state index contributed by atoms with van der Waals surface area (Å²) in [6, 6.07) is 36.7. The molecule has 4 aromatic carbocycles. The molecule has 0 bridgehead atoms. The van der Waals surface area contributed by atoms with Crippen LogP contribution in [0.3, 0.4) is 0 Å². The Bertz CT molecular complexity index is 1630. The van der Waals surface area contributed by atoms with Crippen LogP contribution in [-0.2, 0) is 40.2 Å². The smallest absolute Gasteiger partial charge is 0.364 e. The zero-order valence-corrected chi connectivity index (χ0v) is 33.1. The molecule has 0 aliphatic carbocycles. The monoisotopic (exact) mass is 732 g/mol. The third-order valence-electron chi connectivity index (χ3n) is 11.3. The number of nitrogens with zero attached hydrogens (tertiary/aromatic N) is 2. The lowest BCUT2D eigenvalue weighted by molar-refractivity contribution is -0.403. The van der Waals surface area contributed by atoms with Gasteiger partial charge in [0.05, 0.1) is 22.2 Å². The predicted octanol–water partition coefficient (Wildman–Crippen LogP) is 9.82. The summed E-state index contributed by atoms with van der Waals surface area (Å²) in [7, 11) is 0. The molecule has 4 aromatic rings. The van der Waals surface area contributed by atoms with E-state index in [0.717, 1.165) is 38.5 Å². The van der Waals surface area contributed by atoms with E-state index in [9.17, 15) is 0 Å². The molecule has 0 aromatic heterocycles. The Labute approximate surface area is 321 Å². The molecular formula is C46H56N2O6. The topological polar surface area (TPSA) is 77.5 Å². The number of carbonyl (C=O) groups excluding carboxylic acids is 2. The third-order valence-corrected chi connectivity index (χ3v) is 11.3. The lowest BCUT2D eigenvalue weighted by Crippen LogP contribution is -2.61. The van der Waals surface area contributed by atoms with E-state index in [1.165, 1.54) is 0 Å². The summed E-state index contributed by atoms with van der Waals surface area (Å²) in [6.45, 7) is 16.7. The first kappa shape index (κ1) is 39.4. The minimum atomic E-state index is -2.00. The van der Waals surface area contributed by atoms with Crippen molar-refractivity contribution >= 4 is 11.9 Å². The van der Waals surface area contributed by atoms with Gasteiger partial charge in [0.15, 0.2) is 0 Å². The van der Waals surface area contributed by atoms with E-state index in [0.29, 0.717) is 22.3 Å². The minimum absolute atomic E-state index is 0.465. The first-order valence-electron chi connectivity index (χ1n) is 19.2. The Morgan fingerprint density at radius 2 is 0.648 bits per heavy atom. The van der Waals surface area contributed by atoms with Gasteiger partial charge < -0.3 is 9.68 Å². The average molecular weight is 733 g/mol. The van der Waals surface area contributed by atoms with Crippen LogP contribution in [0.15, 0.2) is 121 Å². The molecule has 0 atom stereocenters. The van der Waals surface area contributed by atoms with Gasteiger partial charge in [0.1, 0.15) is 0 Å². The van der Waals surface area contributed by atoms with Crippen LogP contribution in [0.4, 0.5) is 0 Å². The molecule has 0 saturated carbocycles. The Morgan fingerprint density at radius 3 is 0.870 bits per heavy atom. The van der Waals surface area contributed by atoms with Crippen molar-refractivity contribution in [3.05, 3.63) is 144 Å². The van der Waals surface area contributed by atoms with E-state index in [2.05, 4.69) is 55.4 Å². The van der Waals surface area contributed by atoms with E-state index in [-0.39, 0.29) is 0 Å². The highest BCUT2D eigenvalue weighted by Gasteiger charge is 2.57. The number of benzene rings is 4. The van der Waals surface area contributed by atoms with Crippen molar-refractivity contribution in [3.63, 3.8) is 0 Å². The Balaban J connectivity index is 1.55. The zero-order chi connectivity index (χ0) is 38.8. The van der Waals surface area contributed by atoms with Crippen LogP contribution in [0.5, 0.6) is 0 Å². The number of rotatable bonds is 11. The Morgan fingerprint density at radius 1 is 0.426 bits per heavy atom. The third kappa shape index (κ3) is 7.37. The molecule has 0 N–H and O–H groups in total. The molecule has 8 heteroatoms.